The number of ether oxygens (including phenoxy) is 1. The van der Waals surface area contributed by atoms with Crippen molar-refractivity contribution in [3.05, 3.63) is 72.1 Å². The minimum absolute atomic E-state index is 0.0413. The molecule has 2 amide bonds. The highest BCUT2D eigenvalue weighted by Gasteiger charge is 2.51. The van der Waals surface area contributed by atoms with Crippen LogP contribution in [0.1, 0.15) is 49.4 Å². The first-order valence-electron chi connectivity index (χ1n) is 11.5. The van der Waals surface area contributed by atoms with E-state index in [4.69, 9.17) is 4.74 Å². The lowest BCUT2D eigenvalue weighted by molar-refractivity contribution is -0.137. The normalized spacial score (nSPS) is 14.1. The minimum atomic E-state index is -4.51. The van der Waals surface area contributed by atoms with Crippen LogP contribution in [-0.2, 0) is 17.5 Å². The number of amides is 2. The number of nitrogens with zero attached hydrogens (tertiary/aromatic N) is 3. The van der Waals surface area contributed by atoms with Crippen molar-refractivity contribution in [2.24, 2.45) is 0 Å². The number of hydrogen-bond donors (Lipinski definition) is 3. The standard InChI is InChI=1S/C25H25F3N6O3/c1-15(2)16-3-6-21(20(9-16)25(26,27)28)33-18-5-4-17(31-11-18)10-32-22(35)24(7-8-24)34-23(36)37-19-12-29-14-30-13-19/h3-6,9,11-15,33H,7-8,10H2,1-2H3,(H,32,35)(H,34,36). The van der Waals surface area contributed by atoms with Crippen LogP contribution in [0.5, 0.6) is 5.75 Å². The molecule has 0 unspecified atom stereocenters. The van der Waals surface area contributed by atoms with Crippen molar-refractivity contribution in [1.29, 1.82) is 0 Å². The maximum absolute atomic E-state index is 13.6. The van der Waals surface area contributed by atoms with Crippen LogP contribution in [0.3, 0.4) is 0 Å². The van der Waals surface area contributed by atoms with Gasteiger partial charge in [0.2, 0.25) is 5.91 Å². The van der Waals surface area contributed by atoms with Gasteiger partial charge in [-0.15, -0.1) is 0 Å². The molecule has 3 N–H and O–H groups in total. The molecule has 1 fully saturated rings. The average Bonchev–Trinajstić information content (AvgIpc) is 3.64. The van der Waals surface area contributed by atoms with Gasteiger partial charge in [-0.1, -0.05) is 19.9 Å². The van der Waals surface area contributed by atoms with Gasteiger partial charge in [0, 0.05) is 0 Å². The quantitative estimate of drug-likeness (QED) is 0.399. The average molecular weight is 515 g/mol. The molecule has 2 heterocycles. The van der Waals surface area contributed by atoms with Crippen molar-refractivity contribution in [2.45, 2.75) is 50.9 Å². The number of alkyl halides is 3. The summed E-state index contributed by atoms with van der Waals surface area (Å²) in [6.45, 7) is 3.73. The predicted octanol–water partition coefficient (Wildman–Crippen LogP) is 4.69. The third-order valence-corrected chi connectivity index (χ3v) is 5.82. The molecule has 1 saturated carbocycles. The smallest absolute Gasteiger partial charge is 0.407 e. The van der Waals surface area contributed by atoms with Gasteiger partial charge in [0.25, 0.3) is 0 Å². The number of aromatic nitrogens is 3. The molecule has 3 aromatic rings. The zero-order valence-electron chi connectivity index (χ0n) is 20.1. The number of carbonyl (C=O) groups excluding carboxylic acids is 2. The minimum Gasteiger partial charge on any atom is -0.407 e. The van der Waals surface area contributed by atoms with Gasteiger partial charge in [0.05, 0.1) is 47.8 Å². The summed E-state index contributed by atoms with van der Waals surface area (Å²) in [5, 5.41) is 8.06. The lowest BCUT2D eigenvalue weighted by atomic mass is 9.99. The molecule has 1 aromatic carbocycles. The van der Waals surface area contributed by atoms with Crippen LogP contribution >= 0.6 is 0 Å². The Balaban J connectivity index is 1.33. The van der Waals surface area contributed by atoms with Crippen LogP contribution < -0.4 is 20.7 Å². The highest BCUT2D eigenvalue weighted by atomic mass is 19.4. The van der Waals surface area contributed by atoms with Crippen LogP contribution in [0.25, 0.3) is 0 Å². The topological polar surface area (TPSA) is 118 Å². The number of pyridine rings is 1. The van der Waals surface area contributed by atoms with E-state index in [1.165, 1.54) is 31.0 Å². The molecular weight excluding hydrogens is 489 g/mol. The monoisotopic (exact) mass is 514 g/mol. The number of carbonyl (C=O) groups is 2. The molecule has 0 radical (unpaired) electrons. The van der Waals surface area contributed by atoms with E-state index in [1.807, 2.05) is 13.8 Å². The molecule has 1 aliphatic carbocycles. The van der Waals surface area contributed by atoms with Gasteiger partial charge in [-0.2, -0.15) is 13.2 Å². The molecular formula is C25H25F3N6O3. The van der Waals surface area contributed by atoms with Gasteiger partial charge in [-0.25, -0.2) is 14.8 Å². The first kappa shape index (κ1) is 25.9. The first-order chi connectivity index (χ1) is 17.6. The summed E-state index contributed by atoms with van der Waals surface area (Å²) in [5.41, 5.74) is -0.446. The van der Waals surface area contributed by atoms with Gasteiger partial charge >= 0.3 is 12.3 Å². The summed E-state index contributed by atoms with van der Waals surface area (Å²) in [7, 11) is 0. The molecule has 0 atom stereocenters. The Kier molecular flexibility index (Phi) is 7.28. The van der Waals surface area contributed by atoms with Crippen LogP contribution in [-0.4, -0.2) is 32.5 Å². The van der Waals surface area contributed by atoms with E-state index in [9.17, 15) is 22.8 Å². The molecule has 9 nitrogen and oxygen atoms in total. The molecule has 194 valence electrons. The molecule has 4 rings (SSSR count). The van der Waals surface area contributed by atoms with Gasteiger partial charge in [-0.05, 0) is 48.6 Å². The molecule has 0 saturated heterocycles. The van der Waals surface area contributed by atoms with Crippen molar-refractivity contribution < 1.29 is 27.5 Å². The second kappa shape index (κ2) is 10.4. The van der Waals surface area contributed by atoms with Gasteiger partial charge < -0.3 is 20.7 Å². The van der Waals surface area contributed by atoms with Gasteiger partial charge in [-0.3, -0.25) is 9.78 Å². The Morgan fingerprint density at radius 3 is 2.41 bits per heavy atom. The molecule has 37 heavy (non-hydrogen) atoms. The molecule has 12 heteroatoms. The highest BCUT2D eigenvalue weighted by Crippen LogP contribution is 2.38. The third-order valence-electron chi connectivity index (χ3n) is 5.82. The van der Waals surface area contributed by atoms with Crippen molar-refractivity contribution in [3.63, 3.8) is 0 Å². The van der Waals surface area contributed by atoms with E-state index in [0.29, 0.717) is 29.8 Å². The fourth-order valence-electron chi connectivity index (χ4n) is 3.56. The Bertz CT molecular complexity index is 1260. The predicted molar refractivity (Wildman–Crippen MR) is 128 cm³/mol. The summed E-state index contributed by atoms with van der Waals surface area (Å²) < 4.78 is 45.8. The largest absolute Gasteiger partial charge is 0.418 e. The zero-order valence-corrected chi connectivity index (χ0v) is 20.1. The second-order valence-corrected chi connectivity index (χ2v) is 8.97. The fourth-order valence-corrected chi connectivity index (χ4v) is 3.56. The SMILES string of the molecule is CC(C)c1ccc(Nc2ccc(CNC(=O)C3(NC(=O)Oc4cncnc4)CC3)nc2)c(C(F)(F)F)c1. The van der Waals surface area contributed by atoms with Crippen molar-refractivity contribution in [3.8, 4) is 5.75 Å². The summed E-state index contributed by atoms with van der Waals surface area (Å²) in [5.74, 6) is -0.287. The Labute approximate surface area is 210 Å². The van der Waals surface area contributed by atoms with Crippen LogP contribution in [0.4, 0.5) is 29.3 Å². The van der Waals surface area contributed by atoms with E-state index in [0.717, 1.165) is 6.07 Å². The molecule has 0 aliphatic heterocycles. The summed E-state index contributed by atoms with van der Waals surface area (Å²) >= 11 is 0. The number of halogens is 3. The maximum atomic E-state index is 13.6. The number of hydrogen-bond acceptors (Lipinski definition) is 7. The summed E-state index contributed by atoms with van der Waals surface area (Å²) in [4.78, 5) is 36.5. The van der Waals surface area contributed by atoms with E-state index >= 15 is 0 Å². The summed E-state index contributed by atoms with van der Waals surface area (Å²) in [6.07, 6.45) is 0.916. The third kappa shape index (κ3) is 6.51. The fraction of sp³-hybridized carbons (Fsp3) is 0.320. The van der Waals surface area contributed by atoms with Crippen LogP contribution in [0.2, 0.25) is 0 Å². The van der Waals surface area contributed by atoms with Gasteiger partial charge in [0.15, 0.2) is 5.75 Å². The Hall–Kier alpha value is -4.22. The van der Waals surface area contributed by atoms with E-state index < -0.39 is 29.3 Å². The second-order valence-electron chi connectivity index (χ2n) is 8.97. The number of nitrogens with one attached hydrogen (secondary N) is 3. The van der Waals surface area contributed by atoms with Crippen molar-refractivity contribution in [2.75, 3.05) is 5.32 Å². The van der Waals surface area contributed by atoms with Crippen molar-refractivity contribution >= 4 is 23.4 Å². The Morgan fingerprint density at radius 2 is 1.81 bits per heavy atom. The summed E-state index contributed by atoms with van der Waals surface area (Å²) in [6, 6.07) is 7.38. The Morgan fingerprint density at radius 1 is 1.08 bits per heavy atom. The highest BCUT2D eigenvalue weighted by molar-refractivity contribution is 5.93. The maximum Gasteiger partial charge on any atom is 0.418 e. The number of benzene rings is 1. The van der Waals surface area contributed by atoms with Crippen molar-refractivity contribution in [1.82, 2.24) is 25.6 Å². The lowest BCUT2D eigenvalue weighted by Crippen LogP contribution is -2.49. The molecule has 0 bridgehead atoms. The van der Waals surface area contributed by atoms with E-state index in [-0.39, 0.29) is 23.9 Å². The lowest BCUT2D eigenvalue weighted by Gasteiger charge is -2.18. The number of rotatable bonds is 8. The van der Waals surface area contributed by atoms with Crippen LogP contribution in [0, 0.1) is 0 Å². The molecule has 0 spiro atoms. The molecule has 2 aromatic heterocycles. The van der Waals surface area contributed by atoms with E-state index in [2.05, 4.69) is 30.9 Å². The zero-order chi connectivity index (χ0) is 26.6. The first-order valence-corrected chi connectivity index (χ1v) is 11.5. The van der Waals surface area contributed by atoms with E-state index in [1.54, 1.807) is 18.2 Å². The van der Waals surface area contributed by atoms with Crippen LogP contribution in [0.15, 0.2) is 55.2 Å². The number of anilines is 2. The van der Waals surface area contributed by atoms with Gasteiger partial charge in [0.1, 0.15) is 11.9 Å². The molecule has 1 aliphatic rings.